The van der Waals surface area contributed by atoms with E-state index in [0.717, 1.165) is 44.1 Å². The standard InChI is InChI=1S/C20H24N4O/c25-14-15-5-7-16(8-6-15)18-13-22-20(23-18)21-10-12-24-11-9-17-3-1-2-4-19(17)24/h1-8,18,25H,9-14H2,(H2,21,22,23). The van der Waals surface area contributed by atoms with Crippen LogP contribution in [-0.4, -0.2) is 37.2 Å². The van der Waals surface area contributed by atoms with Crippen molar-refractivity contribution < 1.29 is 5.11 Å². The van der Waals surface area contributed by atoms with Gasteiger partial charge in [0.25, 0.3) is 0 Å². The summed E-state index contributed by atoms with van der Waals surface area (Å²) in [7, 11) is 0. The molecule has 1 atom stereocenters. The van der Waals surface area contributed by atoms with Gasteiger partial charge in [0.15, 0.2) is 5.96 Å². The van der Waals surface area contributed by atoms with E-state index in [2.05, 4.69) is 56.9 Å². The summed E-state index contributed by atoms with van der Waals surface area (Å²) in [6.07, 6.45) is 1.14. The van der Waals surface area contributed by atoms with Crippen LogP contribution in [-0.2, 0) is 13.0 Å². The van der Waals surface area contributed by atoms with Gasteiger partial charge in [0.1, 0.15) is 0 Å². The minimum Gasteiger partial charge on any atom is -0.392 e. The second kappa shape index (κ2) is 7.15. The van der Waals surface area contributed by atoms with Crippen LogP contribution >= 0.6 is 0 Å². The highest BCUT2D eigenvalue weighted by molar-refractivity contribution is 5.82. The summed E-state index contributed by atoms with van der Waals surface area (Å²) in [5.41, 5.74) is 4.95. The van der Waals surface area contributed by atoms with Gasteiger partial charge in [0.05, 0.1) is 19.2 Å². The number of hydrogen-bond donors (Lipinski definition) is 3. The van der Waals surface area contributed by atoms with Crippen molar-refractivity contribution in [1.82, 2.24) is 10.6 Å². The molecule has 4 rings (SSSR count). The van der Waals surface area contributed by atoms with Crippen LogP contribution in [0, 0.1) is 0 Å². The average molecular weight is 336 g/mol. The van der Waals surface area contributed by atoms with E-state index < -0.39 is 0 Å². The van der Waals surface area contributed by atoms with Gasteiger partial charge >= 0.3 is 0 Å². The molecule has 0 amide bonds. The third-order valence-corrected chi connectivity index (χ3v) is 4.97. The zero-order valence-corrected chi connectivity index (χ0v) is 14.3. The number of guanidine groups is 1. The quantitative estimate of drug-likeness (QED) is 0.780. The van der Waals surface area contributed by atoms with Crippen LogP contribution in [0.1, 0.15) is 22.7 Å². The number of aliphatic hydroxyl groups excluding tert-OH is 1. The Balaban J connectivity index is 1.26. The largest absolute Gasteiger partial charge is 0.392 e. The first kappa shape index (κ1) is 16.0. The van der Waals surface area contributed by atoms with E-state index in [1.54, 1.807) is 0 Å². The molecule has 5 nitrogen and oxygen atoms in total. The summed E-state index contributed by atoms with van der Waals surface area (Å²) >= 11 is 0. The minimum absolute atomic E-state index is 0.0846. The molecule has 5 heteroatoms. The van der Waals surface area contributed by atoms with E-state index in [0.29, 0.717) is 0 Å². The molecule has 0 radical (unpaired) electrons. The van der Waals surface area contributed by atoms with Crippen molar-refractivity contribution in [2.75, 3.05) is 31.1 Å². The Morgan fingerprint density at radius 1 is 1.16 bits per heavy atom. The van der Waals surface area contributed by atoms with Crippen LogP contribution in [0.25, 0.3) is 0 Å². The third-order valence-electron chi connectivity index (χ3n) is 4.97. The summed E-state index contributed by atoms with van der Waals surface area (Å²) in [5.74, 6) is 0.878. The normalized spacial score (nSPS) is 18.7. The van der Waals surface area contributed by atoms with E-state index in [4.69, 9.17) is 5.11 Å². The lowest BCUT2D eigenvalue weighted by Gasteiger charge is -2.20. The SMILES string of the molecule is OCc1ccc(C2CN=C(NCCN3CCc4ccccc43)N2)cc1. The maximum absolute atomic E-state index is 9.13. The van der Waals surface area contributed by atoms with Crippen LogP contribution in [0.3, 0.4) is 0 Å². The zero-order valence-electron chi connectivity index (χ0n) is 14.3. The van der Waals surface area contributed by atoms with Crippen LogP contribution < -0.4 is 15.5 Å². The number of aliphatic imine (C=N–C) groups is 1. The lowest BCUT2D eigenvalue weighted by molar-refractivity contribution is 0.282. The summed E-state index contributed by atoms with van der Waals surface area (Å²) in [6.45, 7) is 3.78. The van der Waals surface area contributed by atoms with Gasteiger partial charge in [-0.3, -0.25) is 4.99 Å². The monoisotopic (exact) mass is 336 g/mol. The molecule has 0 spiro atoms. The number of benzene rings is 2. The van der Waals surface area contributed by atoms with Gasteiger partial charge < -0.3 is 20.6 Å². The van der Waals surface area contributed by atoms with Crippen LogP contribution in [0.2, 0.25) is 0 Å². The molecule has 2 aliphatic rings. The van der Waals surface area contributed by atoms with Gasteiger partial charge in [0, 0.05) is 25.3 Å². The molecule has 130 valence electrons. The van der Waals surface area contributed by atoms with Crippen molar-refractivity contribution >= 4 is 11.6 Å². The molecule has 0 saturated heterocycles. The molecule has 3 N–H and O–H groups in total. The predicted octanol–water partition coefficient (Wildman–Crippen LogP) is 1.83. The van der Waals surface area contributed by atoms with E-state index in [1.165, 1.54) is 16.8 Å². The van der Waals surface area contributed by atoms with Crippen molar-refractivity contribution in [3.05, 3.63) is 65.2 Å². The van der Waals surface area contributed by atoms with Crippen LogP contribution in [0.5, 0.6) is 0 Å². The van der Waals surface area contributed by atoms with Gasteiger partial charge in [-0.2, -0.15) is 0 Å². The maximum Gasteiger partial charge on any atom is 0.191 e. The van der Waals surface area contributed by atoms with Crippen molar-refractivity contribution in [3.8, 4) is 0 Å². The molecule has 2 aliphatic heterocycles. The van der Waals surface area contributed by atoms with E-state index in [-0.39, 0.29) is 12.6 Å². The predicted molar refractivity (Wildman–Crippen MR) is 101 cm³/mol. The van der Waals surface area contributed by atoms with E-state index >= 15 is 0 Å². The highest BCUT2D eigenvalue weighted by Crippen LogP contribution is 2.26. The summed E-state index contributed by atoms with van der Waals surface area (Å²) in [5, 5.41) is 16.0. The average Bonchev–Trinajstić information content (AvgIpc) is 3.30. The number of hydrogen-bond acceptors (Lipinski definition) is 5. The Labute approximate surface area is 148 Å². The molecule has 0 aliphatic carbocycles. The first-order valence-electron chi connectivity index (χ1n) is 8.91. The second-order valence-electron chi connectivity index (χ2n) is 6.58. The van der Waals surface area contributed by atoms with Crippen LogP contribution in [0.15, 0.2) is 53.5 Å². The number of nitrogens with one attached hydrogen (secondary N) is 2. The second-order valence-corrected chi connectivity index (χ2v) is 6.58. The highest BCUT2D eigenvalue weighted by Gasteiger charge is 2.20. The molecule has 2 aromatic rings. The number of para-hydroxylation sites is 1. The third kappa shape index (κ3) is 3.46. The summed E-state index contributed by atoms with van der Waals surface area (Å²) in [4.78, 5) is 7.00. The van der Waals surface area contributed by atoms with Gasteiger partial charge in [-0.05, 0) is 29.2 Å². The number of fused-ring (bicyclic) bond motifs is 1. The lowest BCUT2D eigenvalue weighted by atomic mass is 10.1. The van der Waals surface area contributed by atoms with Gasteiger partial charge in [-0.25, -0.2) is 0 Å². The smallest absolute Gasteiger partial charge is 0.191 e. The van der Waals surface area contributed by atoms with E-state index in [1.807, 2.05) is 12.1 Å². The molecular weight excluding hydrogens is 312 g/mol. The Kier molecular flexibility index (Phi) is 4.57. The molecule has 1 unspecified atom stereocenters. The van der Waals surface area contributed by atoms with Crippen molar-refractivity contribution in [1.29, 1.82) is 0 Å². The van der Waals surface area contributed by atoms with Crippen molar-refractivity contribution in [3.63, 3.8) is 0 Å². The Hall–Kier alpha value is -2.53. The molecule has 0 saturated carbocycles. The maximum atomic E-state index is 9.13. The molecule has 2 aromatic carbocycles. The lowest BCUT2D eigenvalue weighted by Crippen LogP contribution is -2.39. The molecular formula is C20H24N4O. The Morgan fingerprint density at radius 3 is 2.84 bits per heavy atom. The number of rotatable bonds is 5. The Bertz CT molecular complexity index is 757. The van der Waals surface area contributed by atoms with Gasteiger partial charge in [-0.1, -0.05) is 42.5 Å². The number of anilines is 1. The number of aliphatic hydroxyl groups is 1. The van der Waals surface area contributed by atoms with Gasteiger partial charge in [0.2, 0.25) is 0 Å². The zero-order chi connectivity index (χ0) is 17.1. The fourth-order valence-corrected chi connectivity index (χ4v) is 3.54. The Morgan fingerprint density at radius 2 is 2.00 bits per heavy atom. The molecule has 25 heavy (non-hydrogen) atoms. The highest BCUT2D eigenvalue weighted by atomic mass is 16.3. The first-order valence-corrected chi connectivity index (χ1v) is 8.91. The molecule has 0 aromatic heterocycles. The van der Waals surface area contributed by atoms with Crippen LogP contribution in [0.4, 0.5) is 5.69 Å². The molecule has 0 bridgehead atoms. The molecule has 0 fully saturated rings. The van der Waals surface area contributed by atoms with Crippen molar-refractivity contribution in [2.45, 2.75) is 19.1 Å². The van der Waals surface area contributed by atoms with Gasteiger partial charge in [-0.15, -0.1) is 0 Å². The minimum atomic E-state index is 0.0846. The topological polar surface area (TPSA) is 59.9 Å². The fourth-order valence-electron chi connectivity index (χ4n) is 3.54. The summed E-state index contributed by atoms with van der Waals surface area (Å²) < 4.78 is 0. The first-order chi connectivity index (χ1) is 12.3. The molecule has 2 heterocycles. The van der Waals surface area contributed by atoms with E-state index in [9.17, 15) is 0 Å². The summed E-state index contributed by atoms with van der Waals surface area (Å²) in [6, 6.07) is 16.9. The fraction of sp³-hybridized carbons (Fsp3) is 0.350. The van der Waals surface area contributed by atoms with Crippen molar-refractivity contribution in [2.24, 2.45) is 4.99 Å². The number of nitrogens with zero attached hydrogens (tertiary/aromatic N) is 2.